The lowest BCUT2D eigenvalue weighted by Crippen LogP contribution is -2.49. The minimum atomic E-state index is -0.925. The number of aliphatic hydroxyl groups is 1. The highest BCUT2D eigenvalue weighted by atomic mass is 79.9. The van der Waals surface area contributed by atoms with E-state index < -0.39 is 4.75 Å². The zero-order valence-corrected chi connectivity index (χ0v) is 24.9. The van der Waals surface area contributed by atoms with Crippen LogP contribution in [-0.2, 0) is 16.1 Å². The Balaban J connectivity index is 0.000000292. The lowest BCUT2D eigenvalue weighted by atomic mass is 10.1. The molecule has 4 aromatic rings. The third-order valence-electron chi connectivity index (χ3n) is 6.44. The molecule has 0 spiro atoms. The maximum atomic E-state index is 13.2. The van der Waals surface area contributed by atoms with Gasteiger partial charge in [0, 0.05) is 45.2 Å². The Bertz CT molecular complexity index is 1430. The molecule has 9 heteroatoms. The second-order valence-corrected chi connectivity index (χ2v) is 12.5. The number of amides is 2. The number of likely N-dealkylation sites (tertiary alicyclic amines) is 1. The van der Waals surface area contributed by atoms with Crippen molar-refractivity contribution in [1.29, 1.82) is 0 Å². The molecule has 1 aliphatic rings. The molecule has 0 saturated carbocycles. The topological polar surface area (TPSA) is 85.4 Å². The van der Waals surface area contributed by atoms with E-state index in [-0.39, 0.29) is 30.9 Å². The number of hydrogen-bond donors (Lipinski definition) is 3. The summed E-state index contributed by atoms with van der Waals surface area (Å²) in [5, 5.41) is 14.2. The third kappa shape index (κ3) is 7.66. The largest absolute Gasteiger partial charge is 0.394 e. The maximum absolute atomic E-state index is 13.2. The van der Waals surface area contributed by atoms with E-state index in [1.54, 1.807) is 11.8 Å². The Morgan fingerprint density at radius 1 is 1.15 bits per heavy atom. The quantitative estimate of drug-likeness (QED) is 0.223. The van der Waals surface area contributed by atoms with Gasteiger partial charge in [0.15, 0.2) is 0 Å². The highest BCUT2D eigenvalue weighted by Gasteiger charge is 2.50. The summed E-state index contributed by atoms with van der Waals surface area (Å²) in [6.45, 7) is 4.40. The van der Waals surface area contributed by atoms with Crippen LogP contribution in [0.1, 0.15) is 24.5 Å². The molecule has 39 heavy (non-hydrogen) atoms. The molecule has 3 N–H and O–H groups in total. The van der Waals surface area contributed by atoms with E-state index in [1.165, 1.54) is 17.1 Å². The first-order chi connectivity index (χ1) is 18.7. The molecule has 0 bridgehead atoms. The van der Waals surface area contributed by atoms with Gasteiger partial charge in [-0.2, -0.15) is 0 Å². The molecule has 0 aliphatic carbocycles. The second-order valence-electron chi connectivity index (χ2n) is 9.73. The number of aliphatic hydroxyl groups excluding tert-OH is 1. The Labute approximate surface area is 246 Å². The number of halogens is 2. The highest BCUT2D eigenvalue weighted by Crippen LogP contribution is 2.42. The van der Waals surface area contributed by atoms with E-state index in [1.807, 2.05) is 85.9 Å². The predicted octanol–water partition coefficient (Wildman–Crippen LogP) is 6.34. The van der Waals surface area contributed by atoms with Crippen molar-refractivity contribution >= 4 is 62.0 Å². The van der Waals surface area contributed by atoms with Crippen molar-refractivity contribution in [2.75, 3.05) is 13.2 Å². The Hall–Kier alpha value is -2.78. The van der Waals surface area contributed by atoms with Crippen LogP contribution in [0.5, 0.6) is 0 Å². The van der Waals surface area contributed by atoms with Gasteiger partial charge in [0.2, 0.25) is 11.8 Å². The summed E-state index contributed by atoms with van der Waals surface area (Å²) in [5.41, 5.74) is 3.25. The first-order valence-corrected chi connectivity index (χ1v) is 14.6. The minimum absolute atomic E-state index is 0.0423. The highest BCUT2D eigenvalue weighted by molar-refractivity contribution is 9.10. The number of hydrogen-bond acceptors (Lipinski definition) is 4. The number of nitrogens with one attached hydrogen (secondary N) is 2. The lowest BCUT2D eigenvalue weighted by molar-refractivity contribution is -0.129. The number of H-pyrrole nitrogens is 1. The first kappa shape index (κ1) is 29.2. The van der Waals surface area contributed by atoms with Crippen molar-refractivity contribution < 1.29 is 14.7 Å². The first-order valence-electron chi connectivity index (χ1n) is 12.6. The zero-order valence-electron chi connectivity index (χ0n) is 21.8. The van der Waals surface area contributed by atoms with E-state index in [4.69, 9.17) is 11.6 Å². The average molecular weight is 629 g/mol. The van der Waals surface area contributed by atoms with Gasteiger partial charge in [-0.15, -0.1) is 11.8 Å². The SMILES string of the molecule is Cc1ccc(SC2(C(=O)NC(C)CO)CC(=O)N(Cc3ccc(Br)cc3)C2)cc1.Clc1ccc2cc[nH]c2c1. The van der Waals surface area contributed by atoms with Gasteiger partial charge in [-0.25, -0.2) is 0 Å². The van der Waals surface area contributed by atoms with Crippen LogP contribution >= 0.6 is 39.3 Å². The fraction of sp³-hybridized carbons (Fsp3) is 0.267. The maximum Gasteiger partial charge on any atom is 0.239 e. The molecular formula is C30H31BrClN3O3S. The monoisotopic (exact) mass is 627 g/mol. The number of thioether (sulfide) groups is 1. The van der Waals surface area contributed by atoms with Crippen molar-refractivity contribution in [2.24, 2.45) is 0 Å². The van der Waals surface area contributed by atoms with Crippen molar-refractivity contribution in [2.45, 2.75) is 42.5 Å². The zero-order chi connectivity index (χ0) is 28.0. The fourth-order valence-corrected chi connectivity index (χ4v) is 6.01. The van der Waals surface area contributed by atoms with E-state index >= 15 is 0 Å². The van der Waals surface area contributed by atoms with Crippen LogP contribution in [0.25, 0.3) is 10.9 Å². The van der Waals surface area contributed by atoms with Gasteiger partial charge in [0.1, 0.15) is 4.75 Å². The van der Waals surface area contributed by atoms with Crippen LogP contribution in [0.4, 0.5) is 0 Å². The Kier molecular flexibility index (Phi) is 9.77. The predicted molar refractivity (Wildman–Crippen MR) is 162 cm³/mol. The molecule has 6 nitrogen and oxygen atoms in total. The van der Waals surface area contributed by atoms with Gasteiger partial charge < -0.3 is 20.3 Å². The van der Waals surface area contributed by atoms with Crippen LogP contribution in [-0.4, -0.2) is 50.7 Å². The molecule has 0 radical (unpaired) electrons. The van der Waals surface area contributed by atoms with E-state index in [0.717, 1.165) is 31.0 Å². The second kappa shape index (κ2) is 13.0. The number of nitrogens with zero attached hydrogens (tertiary/aromatic N) is 1. The number of aryl methyl sites for hydroxylation is 1. The Morgan fingerprint density at radius 3 is 2.56 bits per heavy atom. The molecule has 3 aromatic carbocycles. The molecule has 2 heterocycles. The lowest BCUT2D eigenvalue weighted by Gasteiger charge is -2.28. The summed E-state index contributed by atoms with van der Waals surface area (Å²) >= 11 is 10.6. The number of rotatable bonds is 7. The van der Waals surface area contributed by atoms with E-state index in [0.29, 0.717) is 13.1 Å². The minimum Gasteiger partial charge on any atom is -0.394 e. The van der Waals surface area contributed by atoms with E-state index in [9.17, 15) is 14.7 Å². The summed E-state index contributed by atoms with van der Waals surface area (Å²) in [6, 6.07) is 23.2. The smallest absolute Gasteiger partial charge is 0.239 e. The molecule has 1 saturated heterocycles. The normalized spacial score (nSPS) is 17.6. The van der Waals surface area contributed by atoms with Gasteiger partial charge in [-0.05, 0) is 67.3 Å². The standard InChI is InChI=1S/C22H25BrN2O3S.C8H6ClN/c1-15-3-9-19(10-4-15)29-22(21(28)24-16(2)13-26)11-20(27)25(14-22)12-17-5-7-18(23)8-6-17;9-7-2-1-6-3-4-10-8(6)5-7/h3-10,16,26H,11-14H2,1-2H3,(H,24,28);1-5,10H. The van der Waals surface area contributed by atoms with E-state index in [2.05, 4.69) is 26.2 Å². The van der Waals surface area contributed by atoms with Crippen LogP contribution in [0.2, 0.25) is 5.02 Å². The number of benzene rings is 3. The van der Waals surface area contributed by atoms with Gasteiger partial charge >= 0.3 is 0 Å². The van der Waals surface area contributed by atoms with Gasteiger partial charge in [0.25, 0.3) is 0 Å². The van der Waals surface area contributed by atoms with Gasteiger partial charge in [-0.3, -0.25) is 9.59 Å². The summed E-state index contributed by atoms with van der Waals surface area (Å²) in [4.78, 5) is 31.8. The summed E-state index contributed by atoms with van der Waals surface area (Å²) < 4.78 is 0.0566. The number of carbonyl (C=O) groups is 2. The summed E-state index contributed by atoms with van der Waals surface area (Å²) in [6.07, 6.45) is 2.03. The van der Waals surface area contributed by atoms with Crippen molar-refractivity contribution in [3.05, 3.63) is 99.6 Å². The number of aromatic nitrogens is 1. The van der Waals surface area contributed by atoms with Gasteiger partial charge in [-0.1, -0.05) is 63.4 Å². The summed E-state index contributed by atoms with van der Waals surface area (Å²) in [7, 11) is 0. The third-order valence-corrected chi connectivity index (χ3v) is 8.56. The summed E-state index contributed by atoms with van der Waals surface area (Å²) in [5.74, 6) is -0.254. The number of aromatic amines is 1. The van der Waals surface area contributed by atoms with Crippen molar-refractivity contribution in [3.63, 3.8) is 0 Å². The molecular weight excluding hydrogens is 598 g/mol. The van der Waals surface area contributed by atoms with Crippen LogP contribution in [0.3, 0.4) is 0 Å². The van der Waals surface area contributed by atoms with Crippen LogP contribution in [0, 0.1) is 6.92 Å². The van der Waals surface area contributed by atoms with Gasteiger partial charge in [0.05, 0.1) is 13.0 Å². The molecule has 5 rings (SSSR count). The van der Waals surface area contributed by atoms with Crippen molar-refractivity contribution in [3.8, 4) is 0 Å². The van der Waals surface area contributed by atoms with Crippen LogP contribution in [0.15, 0.2) is 88.4 Å². The number of carbonyl (C=O) groups excluding carboxylic acids is 2. The molecule has 1 fully saturated rings. The average Bonchev–Trinajstić information content (AvgIpc) is 3.51. The van der Waals surface area contributed by atoms with Crippen LogP contribution < -0.4 is 5.32 Å². The fourth-order valence-electron chi connectivity index (χ4n) is 4.28. The number of fused-ring (bicyclic) bond motifs is 1. The molecule has 2 amide bonds. The molecule has 2 atom stereocenters. The Morgan fingerprint density at radius 2 is 1.87 bits per heavy atom. The molecule has 1 aromatic heterocycles. The van der Waals surface area contributed by atoms with Crippen molar-refractivity contribution in [1.82, 2.24) is 15.2 Å². The molecule has 2 unspecified atom stereocenters. The molecule has 1 aliphatic heterocycles. The molecule has 204 valence electrons.